The zero-order valence-electron chi connectivity index (χ0n) is 7.65. The van der Waals surface area contributed by atoms with E-state index in [0.717, 1.165) is 0 Å². The zero-order valence-corrected chi connectivity index (χ0v) is 9.16. The first kappa shape index (κ1) is 10.5. The standard InChI is InChI=1S/C10H8Cl2N2O/c11-5-1-2-8-6(3-5)9(12)7(4-14-8)10(13)15/h1-4,6,8H,(H2,13,15). The molecule has 0 bridgehead atoms. The SMILES string of the molecule is NC(=O)C1=C(Cl)C2C=C(Cl)C=CC2N=C1. The van der Waals surface area contributed by atoms with Gasteiger partial charge in [0, 0.05) is 22.2 Å². The molecule has 2 atom stereocenters. The number of carbonyl (C=O) groups is 1. The lowest BCUT2D eigenvalue weighted by molar-refractivity contribution is -0.114. The number of dihydropyridines is 1. The highest BCUT2D eigenvalue weighted by atomic mass is 35.5. The third kappa shape index (κ3) is 1.85. The average molecular weight is 243 g/mol. The first-order chi connectivity index (χ1) is 7.09. The molecule has 78 valence electrons. The quantitative estimate of drug-likeness (QED) is 0.749. The van der Waals surface area contributed by atoms with E-state index in [9.17, 15) is 4.79 Å². The topological polar surface area (TPSA) is 55.5 Å². The van der Waals surface area contributed by atoms with E-state index in [1.54, 1.807) is 12.2 Å². The summed E-state index contributed by atoms with van der Waals surface area (Å²) in [6.07, 6.45) is 6.81. The van der Waals surface area contributed by atoms with Gasteiger partial charge in [-0.05, 0) is 6.08 Å². The van der Waals surface area contributed by atoms with Gasteiger partial charge in [-0.25, -0.2) is 0 Å². The first-order valence-electron chi connectivity index (χ1n) is 4.38. The smallest absolute Gasteiger partial charge is 0.251 e. The highest BCUT2D eigenvalue weighted by Gasteiger charge is 2.29. The molecule has 0 aromatic rings. The van der Waals surface area contributed by atoms with Crippen molar-refractivity contribution in [1.29, 1.82) is 0 Å². The van der Waals surface area contributed by atoms with Crippen LogP contribution in [-0.2, 0) is 4.79 Å². The number of fused-ring (bicyclic) bond motifs is 1. The van der Waals surface area contributed by atoms with Crippen LogP contribution in [0.5, 0.6) is 0 Å². The lowest BCUT2D eigenvalue weighted by Crippen LogP contribution is -2.27. The van der Waals surface area contributed by atoms with Crippen molar-refractivity contribution in [3.8, 4) is 0 Å². The maximum Gasteiger partial charge on any atom is 0.251 e. The Morgan fingerprint density at radius 3 is 2.87 bits per heavy atom. The van der Waals surface area contributed by atoms with Crippen LogP contribution in [0.2, 0.25) is 0 Å². The number of hydrogen-bond acceptors (Lipinski definition) is 2. The van der Waals surface area contributed by atoms with Gasteiger partial charge < -0.3 is 5.73 Å². The summed E-state index contributed by atoms with van der Waals surface area (Å²) >= 11 is 11.9. The number of primary amides is 1. The Kier molecular flexibility index (Phi) is 2.67. The number of halogens is 2. The highest BCUT2D eigenvalue weighted by molar-refractivity contribution is 6.36. The molecule has 0 radical (unpaired) electrons. The van der Waals surface area contributed by atoms with Crippen molar-refractivity contribution in [3.63, 3.8) is 0 Å². The molecule has 3 nitrogen and oxygen atoms in total. The molecule has 0 spiro atoms. The fourth-order valence-electron chi connectivity index (χ4n) is 1.58. The summed E-state index contributed by atoms with van der Waals surface area (Å²) in [7, 11) is 0. The zero-order chi connectivity index (χ0) is 11.0. The summed E-state index contributed by atoms with van der Waals surface area (Å²) < 4.78 is 0. The predicted molar refractivity (Wildman–Crippen MR) is 60.9 cm³/mol. The van der Waals surface area contributed by atoms with Gasteiger partial charge in [0.1, 0.15) is 0 Å². The van der Waals surface area contributed by atoms with E-state index in [2.05, 4.69) is 4.99 Å². The van der Waals surface area contributed by atoms with E-state index < -0.39 is 5.91 Å². The minimum Gasteiger partial charge on any atom is -0.366 e. The molecule has 2 unspecified atom stereocenters. The number of aliphatic imine (C=N–C) groups is 1. The van der Waals surface area contributed by atoms with Crippen molar-refractivity contribution in [2.24, 2.45) is 16.6 Å². The molecule has 15 heavy (non-hydrogen) atoms. The van der Waals surface area contributed by atoms with Gasteiger partial charge in [-0.3, -0.25) is 9.79 Å². The van der Waals surface area contributed by atoms with Crippen LogP contribution >= 0.6 is 23.2 Å². The Bertz CT molecular complexity index is 435. The molecule has 0 fully saturated rings. The van der Waals surface area contributed by atoms with Gasteiger partial charge in [0.15, 0.2) is 0 Å². The predicted octanol–water partition coefficient (Wildman–Crippen LogP) is 1.73. The largest absolute Gasteiger partial charge is 0.366 e. The molecule has 5 heteroatoms. The molecule has 1 heterocycles. The molecular weight excluding hydrogens is 235 g/mol. The third-order valence-corrected chi connectivity index (χ3v) is 3.06. The number of rotatable bonds is 1. The summed E-state index contributed by atoms with van der Waals surface area (Å²) in [6, 6.07) is -0.0805. The number of hydrogen-bond donors (Lipinski definition) is 1. The van der Waals surface area contributed by atoms with Crippen LogP contribution in [0, 0.1) is 5.92 Å². The van der Waals surface area contributed by atoms with E-state index in [1.165, 1.54) is 6.21 Å². The van der Waals surface area contributed by atoms with Gasteiger partial charge in [0.2, 0.25) is 0 Å². The number of carbonyl (C=O) groups excluding carboxylic acids is 1. The van der Waals surface area contributed by atoms with Crippen molar-refractivity contribution in [2.75, 3.05) is 0 Å². The second-order valence-corrected chi connectivity index (χ2v) is 4.17. The molecule has 0 aromatic heterocycles. The van der Waals surface area contributed by atoms with Crippen molar-refractivity contribution in [1.82, 2.24) is 0 Å². The molecule has 1 amide bonds. The summed E-state index contributed by atoms with van der Waals surface area (Å²) in [6.45, 7) is 0. The fourth-order valence-corrected chi connectivity index (χ4v) is 2.13. The van der Waals surface area contributed by atoms with Gasteiger partial charge in [0.25, 0.3) is 5.91 Å². The van der Waals surface area contributed by atoms with Crippen molar-refractivity contribution < 1.29 is 4.79 Å². The van der Waals surface area contributed by atoms with E-state index in [0.29, 0.717) is 10.1 Å². The van der Waals surface area contributed by atoms with Crippen molar-refractivity contribution in [2.45, 2.75) is 6.04 Å². The monoisotopic (exact) mass is 242 g/mol. The Hall–Kier alpha value is -1.06. The summed E-state index contributed by atoms with van der Waals surface area (Å²) in [5, 5.41) is 1.00. The Morgan fingerprint density at radius 1 is 1.47 bits per heavy atom. The maximum atomic E-state index is 11.0. The molecule has 1 aliphatic carbocycles. The Labute approximate surface area is 96.9 Å². The second-order valence-electron chi connectivity index (χ2n) is 3.33. The Morgan fingerprint density at radius 2 is 2.20 bits per heavy atom. The number of nitrogens with zero attached hydrogens (tertiary/aromatic N) is 1. The van der Waals surface area contributed by atoms with E-state index in [-0.39, 0.29) is 17.5 Å². The van der Waals surface area contributed by atoms with Gasteiger partial charge in [-0.1, -0.05) is 35.4 Å². The summed E-state index contributed by atoms with van der Waals surface area (Å²) in [5.74, 6) is -0.738. The molecule has 2 aliphatic rings. The highest BCUT2D eigenvalue weighted by Crippen LogP contribution is 2.34. The van der Waals surface area contributed by atoms with E-state index in [4.69, 9.17) is 28.9 Å². The fraction of sp³-hybridized carbons (Fsp3) is 0.200. The normalized spacial score (nSPS) is 28.8. The molecule has 0 saturated heterocycles. The summed E-state index contributed by atoms with van der Waals surface area (Å²) in [4.78, 5) is 15.2. The van der Waals surface area contributed by atoms with Crippen LogP contribution in [-0.4, -0.2) is 18.2 Å². The molecule has 2 rings (SSSR count). The van der Waals surface area contributed by atoms with Gasteiger partial charge in [-0.15, -0.1) is 0 Å². The molecular formula is C10H8Cl2N2O. The number of amides is 1. The second kappa shape index (κ2) is 3.83. The van der Waals surface area contributed by atoms with Gasteiger partial charge in [0.05, 0.1) is 11.6 Å². The maximum absolute atomic E-state index is 11.0. The Balaban J connectivity index is 2.42. The van der Waals surface area contributed by atoms with E-state index >= 15 is 0 Å². The number of nitrogens with two attached hydrogens (primary N) is 1. The third-order valence-electron chi connectivity index (χ3n) is 2.35. The van der Waals surface area contributed by atoms with Crippen LogP contribution < -0.4 is 5.73 Å². The van der Waals surface area contributed by atoms with Gasteiger partial charge >= 0.3 is 0 Å². The van der Waals surface area contributed by atoms with Crippen LogP contribution in [0.4, 0.5) is 0 Å². The van der Waals surface area contributed by atoms with Crippen molar-refractivity contribution >= 4 is 35.3 Å². The molecule has 0 aromatic carbocycles. The molecule has 1 aliphatic heterocycles. The van der Waals surface area contributed by atoms with Crippen LogP contribution in [0.25, 0.3) is 0 Å². The van der Waals surface area contributed by atoms with Crippen LogP contribution in [0.15, 0.2) is 38.9 Å². The first-order valence-corrected chi connectivity index (χ1v) is 5.13. The number of allylic oxidation sites excluding steroid dienone is 2. The lowest BCUT2D eigenvalue weighted by atomic mass is 9.90. The molecule has 0 saturated carbocycles. The molecule has 2 N–H and O–H groups in total. The lowest BCUT2D eigenvalue weighted by Gasteiger charge is -2.25. The van der Waals surface area contributed by atoms with Gasteiger partial charge in [-0.2, -0.15) is 0 Å². The van der Waals surface area contributed by atoms with Crippen LogP contribution in [0.1, 0.15) is 0 Å². The van der Waals surface area contributed by atoms with Crippen molar-refractivity contribution in [3.05, 3.63) is 33.9 Å². The minimum absolute atomic E-state index is 0.0805. The van der Waals surface area contributed by atoms with Crippen LogP contribution in [0.3, 0.4) is 0 Å². The van der Waals surface area contributed by atoms with E-state index in [1.807, 2.05) is 6.08 Å². The average Bonchev–Trinajstić information content (AvgIpc) is 2.19. The summed E-state index contributed by atoms with van der Waals surface area (Å²) in [5.41, 5.74) is 5.43. The minimum atomic E-state index is -0.568.